The van der Waals surface area contributed by atoms with Crippen LogP contribution in [0.3, 0.4) is 0 Å². The first-order chi connectivity index (χ1) is 7.08. The van der Waals surface area contributed by atoms with Crippen LogP contribution in [0, 0.1) is 6.92 Å². The number of aryl methyl sites for hydroxylation is 1. The maximum absolute atomic E-state index is 11.9. The van der Waals surface area contributed by atoms with Crippen molar-refractivity contribution in [3.05, 3.63) is 29.8 Å². The maximum Gasteiger partial charge on any atom is 0.230 e. The lowest BCUT2D eigenvalue weighted by Crippen LogP contribution is -2.45. The summed E-state index contributed by atoms with van der Waals surface area (Å²) >= 11 is 0. The van der Waals surface area contributed by atoms with Crippen LogP contribution in [0.5, 0.6) is 0 Å². The van der Waals surface area contributed by atoms with Gasteiger partial charge in [-0.1, -0.05) is 17.7 Å². The lowest BCUT2D eigenvalue weighted by atomic mass is 10.2. The molecule has 0 unspecified atom stereocenters. The highest BCUT2D eigenvalue weighted by Gasteiger charge is 2.26. The van der Waals surface area contributed by atoms with Gasteiger partial charge in [-0.25, -0.2) is 8.42 Å². The minimum absolute atomic E-state index is 0.205. The summed E-state index contributed by atoms with van der Waals surface area (Å²) in [4.78, 5) is 0.407. The van der Waals surface area contributed by atoms with Crippen LogP contribution in [-0.4, -0.2) is 26.8 Å². The largest absolute Gasteiger partial charge is 0.314 e. The predicted molar refractivity (Wildman–Crippen MR) is 62.6 cm³/mol. The van der Waals surface area contributed by atoms with Gasteiger partial charge in [0, 0.05) is 18.3 Å². The molecule has 1 fully saturated rings. The van der Waals surface area contributed by atoms with Crippen molar-refractivity contribution in [2.24, 2.45) is 0 Å². The predicted octanol–water partition coefficient (Wildman–Crippen LogP) is 1.39. The number of benzene rings is 1. The average molecular weight is 243 g/mol. The lowest BCUT2D eigenvalue weighted by Gasteiger charge is -2.25. The van der Waals surface area contributed by atoms with Gasteiger partial charge in [0.1, 0.15) is 0 Å². The van der Waals surface area contributed by atoms with Gasteiger partial charge in [0.2, 0.25) is 8.87 Å². The molecule has 0 atom stereocenters. The van der Waals surface area contributed by atoms with Gasteiger partial charge in [-0.15, -0.1) is 0 Å². The molecule has 0 radical (unpaired) electrons. The molecule has 1 heterocycles. The van der Waals surface area contributed by atoms with E-state index in [0.29, 0.717) is 4.90 Å². The summed E-state index contributed by atoms with van der Waals surface area (Å²) in [6, 6.07) is 6.99. The first-order valence-electron chi connectivity index (χ1n) is 4.78. The summed E-state index contributed by atoms with van der Waals surface area (Å²) in [5.41, 5.74) is 1.07. The van der Waals surface area contributed by atoms with Gasteiger partial charge in [0.15, 0.2) is 0 Å². The van der Waals surface area contributed by atoms with E-state index < -0.39 is 8.87 Å². The van der Waals surface area contributed by atoms with Crippen LogP contribution >= 0.6 is 10.8 Å². The third kappa shape index (κ3) is 2.53. The van der Waals surface area contributed by atoms with E-state index >= 15 is 0 Å². The Kier molecular flexibility index (Phi) is 3.04. The van der Waals surface area contributed by atoms with Crippen molar-refractivity contribution in [2.45, 2.75) is 17.1 Å². The molecule has 0 spiro atoms. The molecule has 5 heteroatoms. The van der Waals surface area contributed by atoms with Gasteiger partial charge < -0.3 is 5.32 Å². The zero-order chi connectivity index (χ0) is 10.9. The normalized spacial score (nSPS) is 17.4. The van der Waals surface area contributed by atoms with Crippen molar-refractivity contribution in [3.63, 3.8) is 0 Å². The van der Waals surface area contributed by atoms with Crippen LogP contribution in [0.1, 0.15) is 5.56 Å². The quantitative estimate of drug-likeness (QED) is 0.815. The molecule has 0 bridgehead atoms. The molecule has 1 N–H and O–H groups in total. The molecule has 1 aromatic carbocycles. The molecule has 1 saturated heterocycles. The number of hydrogen-bond acceptors (Lipinski definition) is 4. The summed E-state index contributed by atoms with van der Waals surface area (Å²) < 4.78 is 23.8. The Hall–Kier alpha value is -0.520. The van der Waals surface area contributed by atoms with Gasteiger partial charge in [0.05, 0.1) is 4.90 Å². The van der Waals surface area contributed by atoms with E-state index in [1.807, 2.05) is 19.1 Å². The van der Waals surface area contributed by atoms with Crippen LogP contribution in [0.15, 0.2) is 29.2 Å². The second-order valence-electron chi connectivity index (χ2n) is 3.64. The molecule has 1 aliphatic heterocycles. The Morgan fingerprint density at radius 1 is 1.27 bits per heavy atom. The Labute approximate surface area is 93.6 Å². The molecule has 1 aliphatic rings. The first kappa shape index (κ1) is 11.0. The lowest BCUT2D eigenvalue weighted by molar-refractivity contribution is 0.544. The molecule has 0 amide bonds. The van der Waals surface area contributed by atoms with Crippen molar-refractivity contribution >= 4 is 19.7 Å². The summed E-state index contributed by atoms with van der Waals surface area (Å²) in [6.07, 6.45) is 0. The molecular weight excluding hydrogens is 230 g/mol. The van der Waals surface area contributed by atoms with E-state index in [9.17, 15) is 8.42 Å². The fourth-order valence-corrected chi connectivity index (χ4v) is 4.73. The van der Waals surface area contributed by atoms with Gasteiger partial charge in [-0.05, 0) is 29.9 Å². The smallest absolute Gasteiger partial charge is 0.230 e. The SMILES string of the molecule is Cc1ccc(S(=O)(=O)SC2CNC2)cc1. The van der Waals surface area contributed by atoms with E-state index in [4.69, 9.17) is 0 Å². The molecule has 82 valence electrons. The van der Waals surface area contributed by atoms with Crippen LogP contribution in [0.2, 0.25) is 0 Å². The number of hydrogen-bond donors (Lipinski definition) is 1. The topological polar surface area (TPSA) is 46.2 Å². The van der Waals surface area contributed by atoms with Crippen molar-refractivity contribution < 1.29 is 8.42 Å². The van der Waals surface area contributed by atoms with E-state index in [-0.39, 0.29) is 5.25 Å². The monoisotopic (exact) mass is 243 g/mol. The minimum atomic E-state index is -3.16. The maximum atomic E-state index is 11.9. The summed E-state index contributed by atoms with van der Waals surface area (Å²) in [6.45, 7) is 3.52. The van der Waals surface area contributed by atoms with Crippen molar-refractivity contribution in [1.82, 2.24) is 5.32 Å². The molecule has 0 aliphatic carbocycles. The van der Waals surface area contributed by atoms with E-state index in [1.54, 1.807) is 12.1 Å². The highest BCUT2D eigenvalue weighted by molar-refractivity contribution is 8.72. The molecule has 0 aromatic heterocycles. The van der Waals surface area contributed by atoms with E-state index in [0.717, 1.165) is 29.4 Å². The average Bonchev–Trinajstić information content (AvgIpc) is 2.13. The first-order valence-corrected chi connectivity index (χ1v) is 7.66. The van der Waals surface area contributed by atoms with Gasteiger partial charge in [-0.3, -0.25) is 0 Å². The second kappa shape index (κ2) is 4.15. The van der Waals surface area contributed by atoms with Crippen LogP contribution < -0.4 is 5.32 Å². The zero-order valence-electron chi connectivity index (χ0n) is 8.43. The highest BCUT2D eigenvalue weighted by Crippen LogP contribution is 2.29. The van der Waals surface area contributed by atoms with E-state index in [2.05, 4.69) is 5.32 Å². The molecule has 0 saturated carbocycles. The highest BCUT2D eigenvalue weighted by atomic mass is 33.1. The number of rotatable bonds is 3. The van der Waals surface area contributed by atoms with Crippen LogP contribution in [0.4, 0.5) is 0 Å². The third-order valence-electron chi connectivity index (χ3n) is 2.32. The van der Waals surface area contributed by atoms with Crippen molar-refractivity contribution in [3.8, 4) is 0 Å². The summed E-state index contributed by atoms with van der Waals surface area (Å²) in [5, 5.41) is 3.26. The van der Waals surface area contributed by atoms with Gasteiger partial charge in [-0.2, -0.15) is 0 Å². The fourth-order valence-electron chi connectivity index (χ4n) is 1.27. The Morgan fingerprint density at radius 3 is 2.33 bits per heavy atom. The molecule has 2 rings (SSSR count). The molecule has 3 nitrogen and oxygen atoms in total. The van der Waals surface area contributed by atoms with Crippen molar-refractivity contribution in [2.75, 3.05) is 13.1 Å². The van der Waals surface area contributed by atoms with Crippen LogP contribution in [0.25, 0.3) is 0 Å². The van der Waals surface area contributed by atoms with Gasteiger partial charge >= 0.3 is 0 Å². The fraction of sp³-hybridized carbons (Fsp3) is 0.400. The Morgan fingerprint density at radius 2 is 1.87 bits per heavy atom. The Bertz CT molecular complexity index is 435. The summed E-state index contributed by atoms with van der Waals surface area (Å²) in [7, 11) is -2.10. The minimum Gasteiger partial charge on any atom is -0.314 e. The standard InChI is InChI=1S/C10H13NO2S2/c1-8-2-4-10(5-3-8)15(12,13)14-9-6-11-7-9/h2-5,9,11H,6-7H2,1H3. The zero-order valence-corrected chi connectivity index (χ0v) is 10.1. The Balaban J connectivity index is 2.17. The molecule has 15 heavy (non-hydrogen) atoms. The second-order valence-corrected chi connectivity index (χ2v) is 7.78. The van der Waals surface area contributed by atoms with Gasteiger partial charge in [0.25, 0.3) is 0 Å². The molecule has 1 aromatic rings. The summed E-state index contributed by atoms with van der Waals surface area (Å²) in [5.74, 6) is 0. The third-order valence-corrected chi connectivity index (χ3v) is 6.18. The van der Waals surface area contributed by atoms with E-state index in [1.165, 1.54) is 0 Å². The van der Waals surface area contributed by atoms with Crippen molar-refractivity contribution in [1.29, 1.82) is 0 Å². The molecular formula is C10H13NO2S2. The number of nitrogens with one attached hydrogen (secondary N) is 1. The van der Waals surface area contributed by atoms with Crippen LogP contribution in [-0.2, 0) is 8.87 Å².